The fraction of sp³-hybridized carbons (Fsp3) is 0.364. The number of halogens is 2. The van der Waals surface area contributed by atoms with Crippen molar-refractivity contribution in [3.05, 3.63) is 52.8 Å². The van der Waals surface area contributed by atoms with Crippen molar-refractivity contribution in [3.63, 3.8) is 0 Å². The maximum absolute atomic E-state index is 13.1. The maximum Gasteiger partial charge on any atom is 0.266 e. The summed E-state index contributed by atoms with van der Waals surface area (Å²) in [5.74, 6) is -0.118. The van der Waals surface area contributed by atoms with Crippen LogP contribution in [0.3, 0.4) is 0 Å². The Morgan fingerprint density at radius 2 is 1.83 bits per heavy atom. The summed E-state index contributed by atoms with van der Waals surface area (Å²) >= 11 is 7.76. The Balaban J connectivity index is 1.84. The van der Waals surface area contributed by atoms with Crippen molar-refractivity contribution in [2.75, 3.05) is 37.7 Å². The first-order chi connectivity index (χ1) is 14.4. The zero-order chi connectivity index (χ0) is 21.7. The van der Waals surface area contributed by atoms with E-state index in [9.17, 15) is 9.18 Å². The number of aryl methyl sites for hydroxylation is 1. The second-order valence-corrected chi connectivity index (χ2v) is 8.24. The van der Waals surface area contributed by atoms with Gasteiger partial charge in [-0.2, -0.15) is 0 Å². The maximum atomic E-state index is 13.1. The molecule has 0 saturated carbocycles. The average molecular weight is 450 g/mol. The lowest BCUT2D eigenvalue weighted by atomic mass is 10.2. The summed E-state index contributed by atoms with van der Waals surface area (Å²) in [5, 5.41) is 1.22. The summed E-state index contributed by atoms with van der Waals surface area (Å²) in [4.78, 5) is 21.7. The van der Waals surface area contributed by atoms with Crippen LogP contribution in [0.25, 0.3) is 10.2 Å². The lowest BCUT2D eigenvalue weighted by Gasteiger charge is -2.24. The third-order valence-electron chi connectivity index (χ3n) is 4.93. The third-order valence-corrected chi connectivity index (χ3v) is 6.47. The molecule has 2 aromatic carbocycles. The molecule has 0 fully saturated rings. The summed E-state index contributed by atoms with van der Waals surface area (Å²) < 4.78 is 19.5. The Labute approximate surface area is 185 Å². The molecule has 30 heavy (non-hydrogen) atoms. The number of ether oxygens (including phenoxy) is 1. The van der Waals surface area contributed by atoms with Crippen LogP contribution in [0.4, 0.5) is 9.52 Å². The lowest BCUT2D eigenvalue weighted by molar-refractivity contribution is -0.120. The molecule has 0 aliphatic carbocycles. The molecule has 3 rings (SSSR count). The number of benzene rings is 2. The number of nitrogens with zero attached hydrogens (tertiary/aromatic N) is 3. The van der Waals surface area contributed by atoms with E-state index in [1.807, 2.05) is 19.1 Å². The number of hydrogen-bond acceptors (Lipinski definition) is 5. The van der Waals surface area contributed by atoms with Gasteiger partial charge in [-0.15, -0.1) is 0 Å². The van der Waals surface area contributed by atoms with Gasteiger partial charge in [-0.05, 0) is 55.9 Å². The number of fused-ring (bicyclic) bond motifs is 1. The van der Waals surface area contributed by atoms with Crippen molar-refractivity contribution in [1.29, 1.82) is 0 Å². The molecule has 160 valence electrons. The lowest BCUT2D eigenvalue weighted by Crippen LogP contribution is -2.41. The minimum absolute atomic E-state index is 0.160. The number of anilines is 1. The van der Waals surface area contributed by atoms with Crippen molar-refractivity contribution >= 4 is 44.2 Å². The highest BCUT2D eigenvalue weighted by Crippen LogP contribution is 2.35. The summed E-state index contributed by atoms with van der Waals surface area (Å²) in [6, 6.07) is 9.38. The van der Waals surface area contributed by atoms with Crippen molar-refractivity contribution in [2.45, 2.75) is 20.8 Å². The van der Waals surface area contributed by atoms with Gasteiger partial charge < -0.3 is 9.64 Å². The zero-order valence-corrected chi connectivity index (χ0v) is 18.9. The SMILES string of the molecule is CCN(CC)CCN(C(=O)COc1ccc(F)cc1)c1nc2c(C)ccc(Cl)c2s1. The van der Waals surface area contributed by atoms with Crippen LogP contribution in [0.5, 0.6) is 5.75 Å². The van der Waals surface area contributed by atoms with Gasteiger partial charge in [0.25, 0.3) is 5.91 Å². The molecule has 0 bridgehead atoms. The van der Waals surface area contributed by atoms with Gasteiger partial charge in [0.15, 0.2) is 11.7 Å². The van der Waals surface area contributed by atoms with E-state index in [0.717, 1.165) is 35.4 Å². The van der Waals surface area contributed by atoms with E-state index in [0.29, 0.717) is 22.4 Å². The van der Waals surface area contributed by atoms with Gasteiger partial charge in [-0.3, -0.25) is 9.69 Å². The first-order valence-electron chi connectivity index (χ1n) is 9.89. The predicted octanol–water partition coefficient (Wildman–Crippen LogP) is 5.15. The first kappa shape index (κ1) is 22.5. The number of thiazole rings is 1. The molecule has 0 N–H and O–H groups in total. The quantitative estimate of drug-likeness (QED) is 0.453. The smallest absolute Gasteiger partial charge is 0.266 e. The summed E-state index contributed by atoms with van der Waals surface area (Å²) in [6.07, 6.45) is 0. The highest BCUT2D eigenvalue weighted by Gasteiger charge is 2.22. The van der Waals surface area contributed by atoms with Gasteiger partial charge in [0, 0.05) is 13.1 Å². The average Bonchev–Trinajstić information content (AvgIpc) is 3.20. The molecule has 5 nitrogen and oxygen atoms in total. The van der Waals surface area contributed by atoms with Crippen LogP contribution >= 0.6 is 22.9 Å². The Morgan fingerprint density at radius 3 is 2.47 bits per heavy atom. The zero-order valence-electron chi connectivity index (χ0n) is 17.3. The minimum Gasteiger partial charge on any atom is -0.484 e. The molecule has 3 aromatic rings. The van der Waals surface area contributed by atoms with Crippen LogP contribution in [0, 0.1) is 12.7 Å². The molecule has 8 heteroatoms. The fourth-order valence-electron chi connectivity index (χ4n) is 3.07. The van der Waals surface area contributed by atoms with Crippen molar-refractivity contribution in [3.8, 4) is 5.75 Å². The van der Waals surface area contributed by atoms with Gasteiger partial charge in [-0.1, -0.05) is 42.9 Å². The Morgan fingerprint density at radius 1 is 1.13 bits per heavy atom. The van der Waals surface area contributed by atoms with Crippen LogP contribution in [-0.4, -0.2) is 48.6 Å². The van der Waals surface area contributed by atoms with E-state index in [4.69, 9.17) is 21.3 Å². The number of carbonyl (C=O) groups excluding carboxylic acids is 1. The predicted molar refractivity (Wildman–Crippen MR) is 121 cm³/mol. The van der Waals surface area contributed by atoms with Crippen molar-refractivity contribution in [1.82, 2.24) is 9.88 Å². The van der Waals surface area contributed by atoms with Crippen molar-refractivity contribution < 1.29 is 13.9 Å². The van der Waals surface area contributed by atoms with E-state index >= 15 is 0 Å². The number of likely N-dealkylation sites (N-methyl/N-ethyl adjacent to an activating group) is 1. The molecule has 0 aliphatic rings. The molecule has 1 aromatic heterocycles. The molecule has 0 saturated heterocycles. The minimum atomic E-state index is -0.351. The molecular formula is C22H25ClFN3O2S. The van der Waals surface area contributed by atoms with Crippen LogP contribution in [0.1, 0.15) is 19.4 Å². The van der Waals surface area contributed by atoms with Gasteiger partial charge in [0.05, 0.1) is 15.2 Å². The summed E-state index contributed by atoms with van der Waals surface area (Å²) in [7, 11) is 0. The highest BCUT2D eigenvalue weighted by atomic mass is 35.5. The number of carbonyl (C=O) groups is 1. The van der Waals surface area contributed by atoms with E-state index in [1.54, 1.807) is 4.90 Å². The van der Waals surface area contributed by atoms with Crippen LogP contribution in [0.2, 0.25) is 5.02 Å². The molecule has 0 aliphatic heterocycles. The van der Waals surface area contributed by atoms with Crippen LogP contribution < -0.4 is 9.64 Å². The Hall–Kier alpha value is -2.22. The van der Waals surface area contributed by atoms with Crippen LogP contribution in [0.15, 0.2) is 36.4 Å². The molecule has 0 unspecified atom stereocenters. The highest BCUT2D eigenvalue weighted by molar-refractivity contribution is 7.23. The largest absolute Gasteiger partial charge is 0.484 e. The summed E-state index contributed by atoms with van der Waals surface area (Å²) in [5.41, 5.74) is 1.82. The van der Waals surface area contributed by atoms with E-state index in [1.165, 1.54) is 35.6 Å². The monoisotopic (exact) mass is 449 g/mol. The molecular weight excluding hydrogens is 425 g/mol. The Kier molecular flexibility index (Phi) is 7.64. The van der Waals surface area contributed by atoms with Crippen molar-refractivity contribution in [2.24, 2.45) is 0 Å². The normalized spacial score (nSPS) is 11.3. The van der Waals surface area contributed by atoms with Gasteiger partial charge in [0.1, 0.15) is 11.6 Å². The first-order valence-corrected chi connectivity index (χ1v) is 11.1. The fourth-order valence-corrected chi connectivity index (χ4v) is 4.43. The Bertz CT molecular complexity index is 967. The number of hydrogen-bond donors (Lipinski definition) is 0. The van der Waals surface area contributed by atoms with Gasteiger partial charge in [-0.25, -0.2) is 9.37 Å². The number of aromatic nitrogens is 1. The number of amides is 1. The van der Waals surface area contributed by atoms with E-state index in [2.05, 4.69) is 18.7 Å². The second-order valence-electron chi connectivity index (χ2n) is 6.85. The molecule has 1 amide bonds. The summed E-state index contributed by atoms with van der Waals surface area (Å²) in [6.45, 7) is 9.00. The molecule has 1 heterocycles. The molecule has 0 atom stereocenters. The molecule has 0 spiro atoms. The van der Waals surface area contributed by atoms with E-state index in [-0.39, 0.29) is 18.3 Å². The van der Waals surface area contributed by atoms with Gasteiger partial charge >= 0.3 is 0 Å². The van der Waals surface area contributed by atoms with Crippen LogP contribution in [-0.2, 0) is 4.79 Å². The van der Waals surface area contributed by atoms with E-state index < -0.39 is 0 Å². The van der Waals surface area contributed by atoms with Gasteiger partial charge in [0.2, 0.25) is 0 Å². The third kappa shape index (κ3) is 5.28. The number of rotatable bonds is 9. The standard InChI is InChI=1S/C22H25ClFN3O2S/c1-4-26(5-2)12-13-27(19(28)14-29-17-9-7-16(24)8-10-17)22-25-20-15(3)6-11-18(23)21(20)30-22/h6-11H,4-5,12-14H2,1-3H3. The topological polar surface area (TPSA) is 45.7 Å². The molecule has 0 radical (unpaired) electrons. The second kappa shape index (κ2) is 10.2.